The zero-order valence-electron chi connectivity index (χ0n) is 26.2. The third-order valence-corrected chi connectivity index (χ3v) is 10.7. The Bertz CT molecular complexity index is 2790. The molecule has 0 heterocycles. The van der Waals surface area contributed by atoms with Gasteiger partial charge < -0.3 is 0 Å². The maximum absolute atomic E-state index is 2.46. The fourth-order valence-corrected chi connectivity index (χ4v) is 8.75. The standard InChI is InChI=1S/C48H28/c1-3-11-31(12-4-1)45-38-26-24-34(33-23-25-35-36-19-7-15-29-16-8-20-37(43(29)36)41(35)27-33)28-42(38)46(32-13-5-2-6-14-32)48-40-22-10-18-30-17-9-21-39(44(30)40)47(45)48/h1-28H. The Balaban J connectivity index is 1.24. The Morgan fingerprint density at radius 2 is 0.708 bits per heavy atom. The molecule has 9 aromatic rings. The summed E-state index contributed by atoms with van der Waals surface area (Å²) >= 11 is 0. The Labute approximate surface area is 279 Å². The molecule has 0 aromatic heterocycles. The van der Waals surface area contributed by atoms with Crippen molar-refractivity contribution in [2.24, 2.45) is 0 Å². The Morgan fingerprint density at radius 1 is 0.229 bits per heavy atom. The van der Waals surface area contributed by atoms with Crippen LogP contribution >= 0.6 is 0 Å². The van der Waals surface area contributed by atoms with Gasteiger partial charge >= 0.3 is 0 Å². The molecular weight excluding hydrogens is 577 g/mol. The van der Waals surface area contributed by atoms with Crippen molar-refractivity contribution in [3.05, 3.63) is 170 Å². The second-order valence-corrected chi connectivity index (χ2v) is 13.2. The van der Waals surface area contributed by atoms with Crippen molar-refractivity contribution in [3.63, 3.8) is 0 Å². The van der Waals surface area contributed by atoms with Gasteiger partial charge in [0.05, 0.1) is 0 Å². The van der Waals surface area contributed by atoms with Crippen LogP contribution in [0.2, 0.25) is 0 Å². The summed E-state index contributed by atoms with van der Waals surface area (Å²) < 4.78 is 0. The van der Waals surface area contributed by atoms with E-state index in [1.165, 1.54) is 110 Å². The molecule has 9 aromatic carbocycles. The summed E-state index contributed by atoms with van der Waals surface area (Å²) in [4.78, 5) is 0. The molecule has 48 heavy (non-hydrogen) atoms. The van der Waals surface area contributed by atoms with E-state index in [0.717, 1.165) is 0 Å². The maximum Gasteiger partial charge on any atom is -0.000741 e. The summed E-state index contributed by atoms with van der Waals surface area (Å²) in [7, 11) is 0. The Kier molecular flexibility index (Phi) is 5.20. The first-order chi connectivity index (χ1) is 23.8. The predicted molar refractivity (Wildman–Crippen MR) is 204 cm³/mol. The summed E-state index contributed by atoms with van der Waals surface area (Å²) in [6.07, 6.45) is 0. The monoisotopic (exact) mass is 604 g/mol. The number of fused-ring (bicyclic) bond motifs is 7. The first kappa shape index (κ1) is 25.9. The number of hydrogen-bond donors (Lipinski definition) is 0. The third kappa shape index (κ3) is 3.44. The summed E-state index contributed by atoms with van der Waals surface area (Å²) in [5.41, 5.74) is 18.2. The molecule has 11 rings (SSSR count). The summed E-state index contributed by atoms with van der Waals surface area (Å²) in [5.74, 6) is 0. The number of rotatable bonds is 3. The van der Waals surface area contributed by atoms with Gasteiger partial charge in [0.15, 0.2) is 0 Å². The van der Waals surface area contributed by atoms with Crippen molar-refractivity contribution in [1.82, 2.24) is 0 Å². The fraction of sp³-hybridized carbons (Fsp3) is 0. The molecule has 0 fully saturated rings. The summed E-state index contributed by atoms with van der Waals surface area (Å²) in [5, 5.41) is 7.89. The van der Waals surface area contributed by atoms with Crippen LogP contribution in [0.25, 0.3) is 110 Å². The highest BCUT2D eigenvalue weighted by Gasteiger charge is 2.30. The zero-order chi connectivity index (χ0) is 31.3. The van der Waals surface area contributed by atoms with Gasteiger partial charge in [-0.25, -0.2) is 0 Å². The smallest absolute Gasteiger partial charge is 0.000741 e. The normalized spacial score (nSPS) is 12.2. The SMILES string of the molecule is c1ccc(-c2c3c(c(-c4ccccc4)c4cc(-c5ccc6c(c5)-c5cccc7cccc-6c57)ccc24)-c2cccc4cccc-3c24)cc1. The lowest BCUT2D eigenvalue weighted by atomic mass is 9.81. The van der Waals surface area contributed by atoms with Crippen molar-refractivity contribution in [3.8, 4) is 77.9 Å². The van der Waals surface area contributed by atoms with Gasteiger partial charge in [-0.05, 0) is 122 Å². The molecule has 0 unspecified atom stereocenters. The van der Waals surface area contributed by atoms with E-state index in [9.17, 15) is 0 Å². The number of benzene rings is 9. The molecule has 2 aliphatic rings. The first-order valence-corrected chi connectivity index (χ1v) is 16.8. The molecule has 0 nitrogen and oxygen atoms in total. The minimum absolute atomic E-state index is 1.23. The largest absolute Gasteiger partial charge is 0.0622 e. The molecule has 0 atom stereocenters. The molecule has 2 aliphatic carbocycles. The van der Waals surface area contributed by atoms with E-state index in [-0.39, 0.29) is 0 Å². The molecule has 0 spiro atoms. The van der Waals surface area contributed by atoms with E-state index in [1.807, 2.05) is 0 Å². The van der Waals surface area contributed by atoms with Crippen LogP contribution in [-0.2, 0) is 0 Å². The van der Waals surface area contributed by atoms with Crippen molar-refractivity contribution in [2.45, 2.75) is 0 Å². The van der Waals surface area contributed by atoms with Gasteiger partial charge in [0, 0.05) is 0 Å². The van der Waals surface area contributed by atoms with Crippen LogP contribution in [0.5, 0.6) is 0 Å². The molecule has 0 saturated carbocycles. The van der Waals surface area contributed by atoms with Crippen LogP contribution < -0.4 is 0 Å². The fourth-order valence-electron chi connectivity index (χ4n) is 8.75. The lowest BCUT2D eigenvalue weighted by molar-refractivity contribution is 1.61. The third-order valence-electron chi connectivity index (χ3n) is 10.7. The van der Waals surface area contributed by atoms with Gasteiger partial charge in [-0.15, -0.1) is 0 Å². The van der Waals surface area contributed by atoms with Crippen molar-refractivity contribution in [2.75, 3.05) is 0 Å². The lowest BCUT2D eigenvalue weighted by Gasteiger charge is -2.21. The van der Waals surface area contributed by atoms with Crippen LogP contribution in [0.1, 0.15) is 0 Å². The maximum atomic E-state index is 2.46. The summed E-state index contributed by atoms with van der Waals surface area (Å²) in [6, 6.07) is 63.2. The molecule has 220 valence electrons. The average Bonchev–Trinajstić information content (AvgIpc) is 3.66. The van der Waals surface area contributed by atoms with E-state index < -0.39 is 0 Å². The topological polar surface area (TPSA) is 0 Å². The van der Waals surface area contributed by atoms with E-state index in [0.29, 0.717) is 0 Å². The van der Waals surface area contributed by atoms with E-state index in [4.69, 9.17) is 0 Å². The highest BCUT2D eigenvalue weighted by molar-refractivity contribution is 6.28. The lowest BCUT2D eigenvalue weighted by Crippen LogP contribution is -1.94. The average molecular weight is 605 g/mol. The molecule has 0 aliphatic heterocycles. The molecule has 0 amide bonds. The van der Waals surface area contributed by atoms with E-state index >= 15 is 0 Å². The molecule has 0 saturated heterocycles. The minimum atomic E-state index is 1.23. The quantitative estimate of drug-likeness (QED) is 0.188. The molecule has 0 bridgehead atoms. The Hall–Kier alpha value is -6.24. The predicted octanol–water partition coefficient (Wildman–Crippen LogP) is 13.4. The molecule has 0 heteroatoms. The van der Waals surface area contributed by atoms with Gasteiger partial charge in [0.2, 0.25) is 0 Å². The van der Waals surface area contributed by atoms with Crippen LogP contribution in [-0.4, -0.2) is 0 Å². The van der Waals surface area contributed by atoms with Crippen LogP contribution in [0.15, 0.2) is 170 Å². The van der Waals surface area contributed by atoms with Crippen molar-refractivity contribution < 1.29 is 0 Å². The van der Waals surface area contributed by atoms with E-state index in [2.05, 4.69) is 170 Å². The number of hydrogen-bond acceptors (Lipinski definition) is 0. The molecule has 0 N–H and O–H groups in total. The molecular formula is C48H28. The van der Waals surface area contributed by atoms with Gasteiger partial charge in [0.1, 0.15) is 0 Å². The van der Waals surface area contributed by atoms with Gasteiger partial charge in [-0.2, -0.15) is 0 Å². The minimum Gasteiger partial charge on any atom is -0.0622 e. The van der Waals surface area contributed by atoms with Crippen LogP contribution in [0.3, 0.4) is 0 Å². The van der Waals surface area contributed by atoms with Gasteiger partial charge in [-0.1, -0.05) is 158 Å². The molecule has 0 radical (unpaired) electrons. The van der Waals surface area contributed by atoms with Gasteiger partial charge in [0.25, 0.3) is 0 Å². The van der Waals surface area contributed by atoms with E-state index in [1.54, 1.807) is 0 Å². The van der Waals surface area contributed by atoms with Crippen LogP contribution in [0.4, 0.5) is 0 Å². The second-order valence-electron chi connectivity index (χ2n) is 13.2. The first-order valence-electron chi connectivity index (χ1n) is 16.8. The second kappa shape index (κ2) is 9.64. The zero-order valence-corrected chi connectivity index (χ0v) is 26.2. The van der Waals surface area contributed by atoms with Crippen molar-refractivity contribution in [1.29, 1.82) is 0 Å². The Morgan fingerprint density at radius 3 is 1.31 bits per heavy atom. The van der Waals surface area contributed by atoms with Gasteiger partial charge in [-0.3, -0.25) is 0 Å². The van der Waals surface area contributed by atoms with Crippen LogP contribution in [0, 0.1) is 0 Å². The summed E-state index contributed by atoms with van der Waals surface area (Å²) in [6.45, 7) is 0. The highest BCUT2D eigenvalue weighted by Crippen LogP contribution is 2.58. The highest BCUT2D eigenvalue weighted by atomic mass is 14.3. The van der Waals surface area contributed by atoms with Crippen molar-refractivity contribution >= 4 is 32.3 Å².